The average Bonchev–Trinajstić information content (AvgIpc) is 2.31. The first-order valence-electron chi connectivity index (χ1n) is 5.45. The number of hydrogen-bond acceptors (Lipinski definition) is 3. The third kappa shape index (κ3) is 4.23. The van der Waals surface area contributed by atoms with Crippen molar-refractivity contribution in [3.63, 3.8) is 0 Å². The van der Waals surface area contributed by atoms with Gasteiger partial charge in [-0.25, -0.2) is 4.79 Å². The lowest BCUT2D eigenvalue weighted by atomic mass is 10.2. The SMILES string of the molecule is CCOC(=O)C(=Cc1ccccc1Br)OCC. The van der Waals surface area contributed by atoms with Crippen molar-refractivity contribution in [1.29, 1.82) is 0 Å². The molecule has 0 spiro atoms. The van der Waals surface area contributed by atoms with Gasteiger partial charge in [-0.1, -0.05) is 34.1 Å². The second kappa shape index (κ2) is 7.12. The number of ether oxygens (including phenoxy) is 2. The number of carbonyl (C=O) groups excluding carboxylic acids is 1. The number of carbonyl (C=O) groups is 1. The van der Waals surface area contributed by atoms with Crippen LogP contribution in [0.4, 0.5) is 0 Å². The number of benzene rings is 1. The molecule has 0 aliphatic rings. The van der Waals surface area contributed by atoms with Gasteiger partial charge >= 0.3 is 5.97 Å². The van der Waals surface area contributed by atoms with Crippen LogP contribution in [0, 0.1) is 0 Å². The minimum atomic E-state index is -0.440. The highest BCUT2D eigenvalue weighted by atomic mass is 79.9. The maximum Gasteiger partial charge on any atom is 0.373 e. The number of hydrogen-bond donors (Lipinski definition) is 0. The van der Waals surface area contributed by atoms with Gasteiger partial charge in [0.2, 0.25) is 5.76 Å². The first kappa shape index (κ1) is 13.8. The fourth-order valence-corrected chi connectivity index (χ4v) is 1.65. The maximum absolute atomic E-state index is 11.6. The quantitative estimate of drug-likeness (QED) is 0.475. The first-order chi connectivity index (χ1) is 8.19. The molecule has 0 aliphatic carbocycles. The van der Waals surface area contributed by atoms with Crippen molar-refractivity contribution in [2.45, 2.75) is 13.8 Å². The Bertz CT molecular complexity index is 413. The molecule has 1 rings (SSSR count). The third-order valence-corrected chi connectivity index (χ3v) is 2.69. The summed E-state index contributed by atoms with van der Waals surface area (Å²) >= 11 is 3.41. The fourth-order valence-electron chi connectivity index (χ4n) is 1.25. The highest BCUT2D eigenvalue weighted by Crippen LogP contribution is 2.19. The molecule has 1 aromatic rings. The van der Waals surface area contributed by atoms with E-state index in [1.165, 1.54) is 0 Å². The van der Waals surface area contributed by atoms with Crippen LogP contribution in [0.3, 0.4) is 0 Å². The van der Waals surface area contributed by atoms with E-state index in [-0.39, 0.29) is 5.76 Å². The summed E-state index contributed by atoms with van der Waals surface area (Å²) in [5.41, 5.74) is 0.879. The molecule has 0 saturated heterocycles. The first-order valence-corrected chi connectivity index (χ1v) is 6.24. The fraction of sp³-hybridized carbons (Fsp3) is 0.308. The monoisotopic (exact) mass is 298 g/mol. The molecule has 0 aliphatic heterocycles. The number of esters is 1. The molecule has 3 nitrogen and oxygen atoms in total. The van der Waals surface area contributed by atoms with Gasteiger partial charge in [-0.2, -0.15) is 0 Å². The summed E-state index contributed by atoms with van der Waals surface area (Å²) in [6.45, 7) is 4.35. The molecule has 0 fully saturated rings. The van der Waals surface area contributed by atoms with Gasteiger partial charge in [-0.3, -0.25) is 0 Å². The zero-order valence-corrected chi connectivity index (χ0v) is 11.5. The summed E-state index contributed by atoms with van der Waals surface area (Å²) in [5, 5.41) is 0. The molecular formula is C13H15BrO3. The molecule has 0 radical (unpaired) electrons. The van der Waals surface area contributed by atoms with Crippen LogP contribution in [0.2, 0.25) is 0 Å². The van der Waals surface area contributed by atoms with Gasteiger partial charge in [0, 0.05) is 4.47 Å². The summed E-state index contributed by atoms with van der Waals surface area (Å²) in [4.78, 5) is 11.6. The molecular weight excluding hydrogens is 284 g/mol. The van der Waals surface area contributed by atoms with Gasteiger partial charge in [0.15, 0.2) is 0 Å². The lowest BCUT2D eigenvalue weighted by Gasteiger charge is -2.08. The van der Waals surface area contributed by atoms with E-state index in [4.69, 9.17) is 9.47 Å². The van der Waals surface area contributed by atoms with Crippen molar-refractivity contribution in [2.24, 2.45) is 0 Å². The van der Waals surface area contributed by atoms with E-state index in [0.717, 1.165) is 10.0 Å². The van der Waals surface area contributed by atoms with Crippen LogP contribution in [0.5, 0.6) is 0 Å². The van der Waals surface area contributed by atoms with Crippen molar-refractivity contribution < 1.29 is 14.3 Å². The normalized spacial score (nSPS) is 11.1. The van der Waals surface area contributed by atoms with Gasteiger partial charge < -0.3 is 9.47 Å². The van der Waals surface area contributed by atoms with E-state index < -0.39 is 5.97 Å². The second-order valence-corrected chi connectivity index (χ2v) is 4.04. The summed E-state index contributed by atoms with van der Waals surface area (Å²) in [6, 6.07) is 7.60. The van der Waals surface area contributed by atoms with E-state index in [9.17, 15) is 4.79 Å². The van der Waals surface area contributed by atoms with Crippen molar-refractivity contribution in [3.05, 3.63) is 40.1 Å². The Morgan fingerprint density at radius 3 is 2.47 bits per heavy atom. The topological polar surface area (TPSA) is 35.5 Å². The van der Waals surface area contributed by atoms with E-state index in [2.05, 4.69) is 15.9 Å². The zero-order chi connectivity index (χ0) is 12.7. The Morgan fingerprint density at radius 2 is 1.88 bits per heavy atom. The largest absolute Gasteiger partial charge is 0.487 e. The molecule has 0 N–H and O–H groups in total. The van der Waals surface area contributed by atoms with Crippen LogP contribution < -0.4 is 0 Å². The standard InChI is InChI=1S/C13H15BrO3/c1-3-16-12(13(15)17-4-2)9-10-7-5-6-8-11(10)14/h5-9H,3-4H2,1-2H3. The summed E-state index contributed by atoms with van der Waals surface area (Å²) < 4.78 is 11.1. The molecule has 0 saturated carbocycles. The molecule has 92 valence electrons. The summed E-state index contributed by atoms with van der Waals surface area (Å²) in [5.74, 6) is -0.216. The molecule has 1 aromatic carbocycles. The molecule has 0 atom stereocenters. The van der Waals surface area contributed by atoms with Crippen molar-refractivity contribution in [2.75, 3.05) is 13.2 Å². The van der Waals surface area contributed by atoms with Crippen LogP contribution in [0.25, 0.3) is 6.08 Å². The van der Waals surface area contributed by atoms with Crippen LogP contribution in [0.1, 0.15) is 19.4 Å². The van der Waals surface area contributed by atoms with Gasteiger partial charge in [-0.05, 0) is 31.6 Å². The highest BCUT2D eigenvalue weighted by molar-refractivity contribution is 9.10. The number of halogens is 1. The lowest BCUT2D eigenvalue weighted by molar-refractivity contribution is -0.142. The zero-order valence-electron chi connectivity index (χ0n) is 9.90. The van der Waals surface area contributed by atoms with Gasteiger partial charge in [0.05, 0.1) is 13.2 Å². The van der Waals surface area contributed by atoms with Crippen LogP contribution in [0.15, 0.2) is 34.5 Å². The Labute approximate surface area is 110 Å². The van der Waals surface area contributed by atoms with Crippen molar-refractivity contribution in [1.82, 2.24) is 0 Å². The minimum absolute atomic E-state index is 0.223. The molecule has 0 bridgehead atoms. The molecule has 17 heavy (non-hydrogen) atoms. The Kier molecular flexibility index (Phi) is 5.77. The summed E-state index contributed by atoms with van der Waals surface area (Å²) in [7, 11) is 0. The van der Waals surface area contributed by atoms with E-state index in [1.807, 2.05) is 31.2 Å². The molecule has 0 aromatic heterocycles. The van der Waals surface area contributed by atoms with E-state index in [0.29, 0.717) is 13.2 Å². The molecule has 0 unspecified atom stereocenters. The van der Waals surface area contributed by atoms with E-state index in [1.54, 1.807) is 13.0 Å². The van der Waals surface area contributed by atoms with Crippen molar-refractivity contribution >= 4 is 28.0 Å². The summed E-state index contributed by atoms with van der Waals surface area (Å²) in [6.07, 6.45) is 1.67. The Balaban J connectivity index is 2.97. The van der Waals surface area contributed by atoms with Crippen LogP contribution >= 0.6 is 15.9 Å². The second-order valence-electron chi connectivity index (χ2n) is 3.18. The minimum Gasteiger partial charge on any atom is -0.487 e. The Hall–Kier alpha value is -1.29. The van der Waals surface area contributed by atoms with Crippen LogP contribution in [-0.4, -0.2) is 19.2 Å². The molecule has 4 heteroatoms. The maximum atomic E-state index is 11.6. The average molecular weight is 299 g/mol. The van der Waals surface area contributed by atoms with Gasteiger partial charge in [-0.15, -0.1) is 0 Å². The van der Waals surface area contributed by atoms with E-state index >= 15 is 0 Å². The predicted octanol–water partition coefficient (Wildman–Crippen LogP) is 3.39. The van der Waals surface area contributed by atoms with Crippen molar-refractivity contribution in [3.8, 4) is 0 Å². The predicted molar refractivity (Wildman–Crippen MR) is 70.4 cm³/mol. The molecule has 0 heterocycles. The van der Waals surface area contributed by atoms with Crippen LogP contribution in [-0.2, 0) is 14.3 Å². The lowest BCUT2D eigenvalue weighted by Crippen LogP contribution is -2.10. The third-order valence-electron chi connectivity index (χ3n) is 1.97. The highest BCUT2D eigenvalue weighted by Gasteiger charge is 2.12. The Morgan fingerprint density at radius 1 is 1.24 bits per heavy atom. The van der Waals surface area contributed by atoms with Gasteiger partial charge in [0.25, 0.3) is 0 Å². The van der Waals surface area contributed by atoms with Gasteiger partial charge in [0.1, 0.15) is 0 Å². The molecule has 0 amide bonds. The smallest absolute Gasteiger partial charge is 0.373 e. The number of rotatable bonds is 5.